The lowest BCUT2D eigenvalue weighted by atomic mass is 9.93. The van der Waals surface area contributed by atoms with Crippen LogP contribution in [0, 0.1) is 0 Å². The summed E-state index contributed by atoms with van der Waals surface area (Å²) in [6.45, 7) is 2.01. The minimum atomic E-state index is -0.576. The summed E-state index contributed by atoms with van der Waals surface area (Å²) in [6, 6.07) is 7.02. The number of fused-ring (bicyclic) bond motifs is 1. The first-order valence-corrected chi connectivity index (χ1v) is 8.39. The monoisotopic (exact) mass is 351 g/mol. The quantitative estimate of drug-likeness (QED) is 0.593. The van der Waals surface area contributed by atoms with Crippen molar-refractivity contribution in [1.29, 1.82) is 0 Å². The Hall–Kier alpha value is -3.28. The predicted molar refractivity (Wildman–Crippen MR) is 102 cm³/mol. The summed E-state index contributed by atoms with van der Waals surface area (Å²) in [4.78, 5) is 19.6. The molecule has 2 heterocycles. The lowest BCUT2D eigenvalue weighted by molar-refractivity contribution is -0.112. The largest absolute Gasteiger partial charge is 0.508 e. The van der Waals surface area contributed by atoms with E-state index in [0.29, 0.717) is 28.9 Å². The number of aromatic amines is 1. The lowest BCUT2D eigenvalue weighted by Crippen LogP contribution is -2.14. The summed E-state index contributed by atoms with van der Waals surface area (Å²) >= 11 is 0. The van der Waals surface area contributed by atoms with Crippen LogP contribution in [0.25, 0.3) is 22.7 Å². The first-order chi connectivity index (χ1) is 12.5. The fourth-order valence-electron chi connectivity index (χ4n) is 3.04. The van der Waals surface area contributed by atoms with Crippen LogP contribution in [0.5, 0.6) is 11.5 Å². The number of ether oxygens (including phenoxy) is 1. The van der Waals surface area contributed by atoms with Crippen LogP contribution < -0.4 is 10.5 Å². The van der Waals surface area contributed by atoms with E-state index in [1.54, 1.807) is 30.6 Å². The standard InChI is InChI=1S/C20H21N3O3/c1-3-5-15-16(9-13(26-2)10-18(15)24)17(19(21)25)8-12-11-23-20-14(12)6-4-7-22-20/h4,6-11,24H,3,5H2,1-2H3,(H2,21,25)(H,22,23). The normalized spacial score (nSPS) is 11.7. The van der Waals surface area contributed by atoms with E-state index in [-0.39, 0.29) is 5.75 Å². The van der Waals surface area contributed by atoms with Gasteiger partial charge in [0.1, 0.15) is 17.1 Å². The fourth-order valence-corrected chi connectivity index (χ4v) is 3.04. The molecule has 6 heteroatoms. The van der Waals surface area contributed by atoms with Gasteiger partial charge < -0.3 is 20.6 Å². The van der Waals surface area contributed by atoms with Gasteiger partial charge in [0.2, 0.25) is 5.91 Å². The number of aromatic hydroxyl groups is 1. The van der Waals surface area contributed by atoms with Gasteiger partial charge in [0.05, 0.1) is 7.11 Å². The van der Waals surface area contributed by atoms with Gasteiger partial charge in [-0.15, -0.1) is 0 Å². The Kier molecular flexibility index (Phi) is 4.93. The van der Waals surface area contributed by atoms with E-state index in [4.69, 9.17) is 10.5 Å². The number of nitrogens with two attached hydrogens (primary N) is 1. The second kappa shape index (κ2) is 7.31. The molecule has 0 unspecified atom stereocenters. The van der Waals surface area contributed by atoms with E-state index in [1.807, 2.05) is 19.1 Å². The molecule has 0 radical (unpaired) electrons. The number of benzene rings is 1. The van der Waals surface area contributed by atoms with Crippen molar-refractivity contribution in [2.24, 2.45) is 5.73 Å². The molecule has 0 fully saturated rings. The number of carbonyl (C=O) groups excluding carboxylic acids is 1. The molecule has 3 aromatic rings. The van der Waals surface area contributed by atoms with Crippen molar-refractivity contribution in [2.75, 3.05) is 7.11 Å². The Morgan fingerprint density at radius 2 is 2.23 bits per heavy atom. The Morgan fingerprint density at radius 1 is 1.42 bits per heavy atom. The number of carbonyl (C=O) groups is 1. The molecule has 0 saturated heterocycles. The smallest absolute Gasteiger partial charge is 0.249 e. The molecule has 134 valence electrons. The van der Waals surface area contributed by atoms with Crippen molar-refractivity contribution in [3.8, 4) is 11.5 Å². The average Bonchev–Trinajstić information content (AvgIpc) is 3.04. The first kappa shape index (κ1) is 17.5. The zero-order chi connectivity index (χ0) is 18.7. The number of amides is 1. The molecule has 1 amide bonds. The summed E-state index contributed by atoms with van der Waals surface area (Å²) in [7, 11) is 1.51. The van der Waals surface area contributed by atoms with Crippen molar-refractivity contribution in [1.82, 2.24) is 9.97 Å². The van der Waals surface area contributed by atoms with Gasteiger partial charge in [0, 0.05) is 40.5 Å². The van der Waals surface area contributed by atoms with Crippen molar-refractivity contribution >= 4 is 28.6 Å². The molecule has 1 aromatic carbocycles. The van der Waals surface area contributed by atoms with Gasteiger partial charge in [-0.1, -0.05) is 13.3 Å². The Labute approximate surface area is 151 Å². The summed E-state index contributed by atoms with van der Waals surface area (Å²) in [6.07, 6.45) is 6.62. The molecule has 2 aromatic heterocycles. The predicted octanol–water partition coefficient (Wildman–Crippen LogP) is 3.26. The van der Waals surface area contributed by atoms with Gasteiger partial charge in [-0.05, 0) is 36.3 Å². The number of pyridine rings is 1. The number of methoxy groups -OCH3 is 1. The minimum absolute atomic E-state index is 0.0916. The minimum Gasteiger partial charge on any atom is -0.508 e. The number of nitrogens with one attached hydrogen (secondary N) is 1. The third kappa shape index (κ3) is 3.26. The number of aromatic nitrogens is 2. The molecule has 4 N–H and O–H groups in total. The van der Waals surface area contributed by atoms with Crippen LogP contribution in [0.15, 0.2) is 36.7 Å². The average molecular weight is 351 g/mol. The van der Waals surface area contributed by atoms with Gasteiger partial charge in [-0.25, -0.2) is 4.98 Å². The maximum absolute atomic E-state index is 12.2. The molecular formula is C20H21N3O3. The van der Waals surface area contributed by atoms with Crippen LogP contribution >= 0.6 is 0 Å². The van der Waals surface area contributed by atoms with Crippen molar-refractivity contribution in [3.05, 3.63) is 53.3 Å². The van der Waals surface area contributed by atoms with Gasteiger partial charge in [-0.3, -0.25) is 4.79 Å². The number of hydrogen-bond donors (Lipinski definition) is 3. The van der Waals surface area contributed by atoms with Crippen molar-refractivity contribution in [2.45, 2.75) is 19.8 Å². The molecule has 0 aliphatic carbocycles. The lowest BCUT2D eigenvalue weighted by Gasteiger charge is -2.14. The number of H-pyrrole nitrogens is 1. The molecule has 0 saturated carbocycles. The highest BCUT2D eigenvalue weighted by Gasteiger charge is 2.18. The molecular weight excluding hydrogens is 330 g/mol. The van der Waals surface area contributed by atoms with Crippen LogP contribution in [0.2, 0.25) is 0 Å². The number of nitrogens with zero attached hydrogens (tertiary/aromatic N) is 1. The van der Waals surface area contributed by atoms with E-state index < -0.39 is 5.91 Å². The number of phenols is 1. The highest BCUT2D eigenvalue weighted by atomic mass is 16.5. The topological polar surface area (TPSA) is 101 Å². The number of rotatable bonds is 6. The summed E-state index contributed by atoms with van der Waals surface area (Å²) in [5, 5.41) is 11.3. The zero-order valence-electron chi connectivity index (χ0n) is 14.7. The third-order valence-electron chi connectivity index (χ3n) is 4.27. The summed E-state index contributed by atoms with van der Waals surface area (Å²) in [5.74, 6) is -0.0210. The highest BCUT2D eigenvalue weighted by molar-refractivity contribution is 6.24. The summed E-state index contributed by atoms with van der Waals surface area (Å²) in [5.41, 5.74) is 8.77. The molecule has 6 nitrogen and oxygen atoms in total. The van der Waals surface area contributed by atoms with E-state index in [0.717, 1.165) is 23.0 Å². The van der Waals surface area contributed by atoms with Gasteiger partial charge in [0.15, 0.2) is 0 Å². The van der Waals surface area contributed by atoms with Crippen molar-refractivity contribution in [3.63, 3.8) is 0 Å². The fraction of sp³-hybridized carbons (Fsp3) is 0.200. The zero-order valence-corrected chi connectivity index (χ0v) is 14.7. The molecule has 3 rings (SSSR count). The van der Waals surface area contributed by atoms with Crippen LogP contribution in [0.3, 0.4) is 0 Å². The van der Waals surface area contributed by atoms with Crippen LogP contribution in [0.4, 0.5) is 0 Å². The first-order valence-electron chi connectivity index (χ1n) is 8.39. The molecule has 0 atom stereocenters. The second-order valence-electron chi connectivity index (χ2n) is 5.99. The Morgan fingerprint density at radius 3 is 2.92 bits per heavy atom. The van der Waals surface area contributed by atoms with E-state index in [9.17, 15) is 9.90 Å². The van der Waals surface area contributed by atoms with Gasteiger partial charge in [-0.2, -0.15) is 0 Å². The van der Waals surface area contributed by atoms with Gasteiger partial charge >= 0.3 is 0 Å². The summed E-state index contributed by atoms with van der Waals surface area (Å²) < 4.78 is 5.25. The van der Waals surface area contributed by atoms with E-state index in [1.165, 1.54) is 7.11 Å². The number of phenolic OH excluding ortho intramolecular Hbond substituents is 1. The maximum atomic E-state index is 12.2. The molecule has 0 aliphatic heterocycles. The molecule has 26 heavy (non-hydrogen) atoms. The van der Waals surface area contributed by atoms with E-state index >= 15 is 0 Å². The highest BCUT2D eigenvalue weighted by Crippen LogP contribution is 2.34. The Balaban J connectivity index is 2.23. The second-order valence-corrected chi connectivity index (χ2v) is 5.99. The van der Waals surface area contributed by atoms with Crippen LogP contribution in [-0.2, 0) is 11.2 Å². The van der Waals surface area contributed by atoms with Crippen LogP contribution in [0.1, 0.15) is 30.0 Å². The van der Waals surface area contributed by atoms with E-state index in [2.05, 4.69) is 9.97 Å². The molecule has 0 bridgehead atoms. The van der Waals surface area contributed by atoms with Crippen LogP contribution in [-0.4, -0.2) is 28.1 Å². The third-order valence-corrected chi connectivity index (χ3v) is 4.27. The molecule has 0 spiro atoms. The van der Waals surface area contributed by atoms with Crippen molar-refractivity contribution < 1.29 is 14.6 Å². The number of hydrogen-bond acceptors (Lipinski definition) is 4. The Bertz CT molecular complexity index is 989. The number of primary amides is 1. The molecule has 0 aliphatic rings. The van der Waals surface area contributed by atoms with Gasteiger partial charge in [0.25, 0.3) is 0 Å². The maximum Gasteiger partial charge on any atom is 0.249 e. The SMILES string of the molecule is CCCc1c(O)cc(OC)cc1C(=Cc1c[nH]c2ncccc12)C(N)=O.